The molecule has 0 heterocycles. The third kappa shape index (κ3) is 45.8. The van der Waals surface area contributed by atoms with Gasteiger partial charge in [0.15, 0.2) is 0 Å². The number of carboxylic acids is 3. The molecule has 0 rings (SSSR count). The zero-order chi connectivity index (χ0) is 10.6. The molecule has 0 saturated carbocycles. The van der Waals surface area contributed by atoms with Gasteiger partial charge in [-0.1, -0.05) is 0 Å². The molecule has 0 aromatic heterocycles. The van der Waals surface area contributed by atoms with E-state index in [9.17, 15) is 29.7 Å². The van der Waals surface area contributed by atoms with Crippen LogP contribution < -0.4 is 104 Å². The van der Waals surface area contributed by atoms with Crippen molar-refractivity contribution in [3.63, 3.8) is 0 Å². The van der Waals surface area contributed by atoms with Crippen LogP contribution in [0.3, 0.4) is 0 Å². The van der Waals surface area contributed by atoms with Crippen LogP contribution in [0.15, 0.2) is 0 Å². The molecule has 0 aromatic rings. The van der Waals surface area contributed by atoms with E-state index in [4.69, 9.17) is 5.11 Å². The first-order valence-corrected chi connectivity index (χ1v) is 3.11. The summed E-state index contributed by atoms with van der Waals surface area (Å²) in [5, 5.41) is 38.9. The topological polar surface area (TPSA) is 424 Å². The molecule has 0 amide bonds. The van der Waals surface area contributed by atoms with Crippen LogP contribution in [-0.4, -0.2) is 77.9 Å². The average Bonchev–Trinajstić information content (AvgIpc) is 1.82. The Morgan fingerprint density at radius 3 is 0.840 bits per heavy atom. The van der Waals surface area contributed by atoms with E-state index >= 15 is 0 Å². The number of carboxylic acid groups (broad SMARTS) is 3. The van der Waals surface area contributed by atoms with Gasteiger partial charge < -0.3 is 84.1 Å². The second kappa shape index (κ2) is 44.4. The predicted octanol–water partition coefficient (Wildman–Crippen LogP) is -21.7. The van der Waals surface area contributed by atoms with Crippen molar-refractivity contribution < 1.29 is 173 Å². The normalized spacial score (nSPS) is 5.64. The Labute approximate surface area is 207 Å². The molecule has 0 aliphatic carbocycles. The second-order valence-electron chi connectivity index (χ2n) is 2.42. The van der Waals surface area contributed by atoms with E-state index in [2.05, 4.69) is 0 Å². The number of aliphatic hydroxyl groups is 1. The van der Waals surface area contributed by atoms with Crippen LogP contribution in [0.1, 0.15) is 12.8 Å². The van der Waals surface area contributed by atoms with Gasteiger partial charge in [0.1, 0.15) is 5.60 Å². The molecule has 0 unspecified atom stereocenters. The molecule has 0 aliphatic heterocycles. The van der Waals surface area contributed by atoms with Gasteiger partial charge in [-0.25, -0.2) is 0 Å². The minimum atomic E-state index is -2.97. The molecule has 0 aliphatic rings. The number of rotatable bonds is 5. The van der Waals surface area contributed by atoms with Gasteiger partial charge in [0.05, 0.1) is 5.97 Å². The molecule has 0 bridgehead atoms. The molecular weight excluding hydrogens is 397 g/mol. The second-order valence-corrected chi connectivity index (χ2v) is 2.42. The van der Waals surface area contributed by atoms with Crippen LogP contribution in [0.5, 0.6) is 0 Å². The van der Waals surface area contributed by atoms with Crippen molar-refractivity contribution in [2.24, 2.45) is 0 Å². The van der Waals surface area contributed by atoms with E-state index in [0.29, 0.717) is 0 Å². The van der Waals surface area contributed by atoms with Crippen molar-refractivity contribution in [3.05, 3.63) is 0 Å². The molecule has 0 saturated heterocycles. The van der Waals surface area contributed by atoms with Gasteiger partial charge in [0, 0.05) is 24.8 Å². The number of hydrogen-bond donors (Lipinski definition) is 1. The molecule has 25 heavy (non-hydrogen) atoms. The third-order valence-electron chi connectivity index (χ3n) is 1.25. The van der Waals surface area contributed by atoms with E-state index in [-0.39, 0.29) is 138 Å². The van der Waals surface area contributed by atoms with E-state index in [1.165, 1.54) is 0 Å². The van der Waals surface area contributed by atoms with Crippen molar-refractivity contribution in [1.29, 1.82) is 0 Å². The van der Waals surface area contributed by atoms with E-state index in [0.717, 1.165) is 0 Å². The molecule has 146 valence electrons. The largest absolute Gasteiger partial charge is 1.00 e. The number of carbonyl (C=O) groups is 3. The van der Waals surface area contributed by atoms with Crippen molar-refractivity contribution in [2.75, 3.05) is 0 Å². The monoisotopic (exact) mass is 420 g/mol. The van der Waals surface area contributed by atoms with Gasteiger partial charge in [-0.05, 0) is 0 Å². The number of aliphatic carboxylic acids is 3. The summed E-state index contributed by atoms with van der Waals surface area (Å²) in [4.78, 5) is 30.0. The first-order chi connectivity index (χ1) is 5.78. The Kier molecular flexibility index (Phi) is 171. The maximum atomic E-state index is 10.1. The summed E-state index contributed by atoms with van der Waals surface area (Å²) >= 11 is 0. The van der Waals surface area contributed by atoms with Gasteiger partial charge in [-0.2, -0.15) is 0 Å². The minimum absolute atomic E-state index is 0. The average molecular weight is 420 g/mol. The summed E-state index contributed by atoms with van der Waals surface area (Å²) in [6, 6.07) is 0. The van der Waals surface area contributed by atoms with Gasteiger partial charge in [0.25, 0.3) is 0 Å². The van der Waals surface area contributed by atoms with Crippen LogP contribution in [-0.2, 0) is 14.4 Å². The Balaban J connectivity index is -0.0000000109. The van der Waals surface area contributed by atoms with Gasteiger partial charge >= 0.3 is 88.7 Å². The fourth-order valence-corrected chi connectivity index (χ4v) is 0.684. The maximum absolute atomic E-state index is 10.1. The molecule has 16 nitrogen and oxygen atoms in total. The van der Waals surface area contributed by atoms with Gasteiger partial charge in [-0.15, -0.1) is 0 Å². The van der Waals surface area contributed by atoms with Crippen LogP contribution in [0.25, 0.3) is 0 Å². The quantitative estimate of drug-likeness (QED) is 0.417. The van der Waals surface area contributed by atoms with Gasteiger partial charge in [-0.3, -0.25) is 0 Å². The SMILES string of the molecule is O.O.O.O.O.O.O.O.O.O=C([O-])CC(O)(CC(=O)[O-])C(=O)[O-].[Na+].[Na+].[Na+]. The van der Waals surface area contributed by atoms with Crippen molar-refractivity contribution >= 4 is 17.9 Å². The standard InChI is InChI=1S/C6H8O7.3Na.9H2O/c7-3(8)1-6(13,5(11)12)2-4(9)10;;;;;;;;;;;;/h13H,1-2H2,(H,7,8)(H,9,10)(H,11,12);;;;9*1H2/q;3*+1;;;;;;;;;/p-3. The maximum Gasteiger partial charge on any atom is 1.00 e. The molecule has 19 N–H and O–H groups in total. The Bertz CT molecular complexity index is 246. The van der Waals surface area contributed by atoms with Crippen LogP contribution >= 0.6 is 0 Å². The Hall–Kier alpha value is 1.01. The number of hydrogen-bond acceptors (Lipinski definition) is 7. The summed E-state index contributed by atoms with van der Waals surface area (Å²) in [6.45, 7) is 0. The molecular formula is C6H23Na3O16. The fraction of sp³-hybridized carbons (Fsp3) is 0.500. The number of carbonyl (C=O) groups excluding carboxylic acids is 3. The predicted molar refractivity (Wildman–Crippen MR) is 61.7 cm³/mol. The summed E-state index contributed by atoms with van der Waals surface area (Å²) in [6.07, 6.45) is -2.72. The van der Waals surface area contributed by atoms with Crippen molar-refractivity contribution in [3.8, 4) is 0 Å². The summed E-state index contributed by atoms with van der Waals surface area (Å²) < 4.78 is 0. The van der Waals surface area contributed by atoms with E-state index < -0.39 is 36.4 Å². The Morgan fingerprint density at radius 1 is 0.600 bits per heavy atom. The molecule has 0 radical (unpaired) electrons. The van der Waals surface area contributed by atoms with E-state index in [1.54, 1.807) is 0 Å². The Morgan fingerprint density at radius 2 is 0.760 bits per heavy atom. The summed E-state index contributed by atoms with van der Waals surface area (Å²) in [7, 11) is 0. The van der Waals surface area contributed by atoms with E-state index in [1.807, 2.05) is 0 Å². The third-order valence-corrected chi connectivity index (χ3v) is 1.25. The smallest absolute Gasteiger partial charge is 0.550 e. The summed E-state index contributed by atoms with van der Waals surface area (Å²) in [5.74, 6) is -5.98. The molecule has 0 spiro atoms. The first kappa shape index (κ1) is 96.1. The minimum Gasteiger partial charge on any atom is -0.550 e. The fourth-order valence-electron chi connectivity index (χ4n) is 0.684. The zero-order valence-electron chi connectivity index (χ0n) is 13.8. The van der Waals surface area contributed by atoms with Crippen LogP contribution in [0.4, 0.5) is 0 Å². The molecule has 0 fully saturated rings. The van der Waals surface area contributed by atoms with Crippen LogP contribution in [0.2, 0.25) is 0 Å². The molecule has 19 heteroatoms. The zero-order valence-corrected chi connectivity index (χ0v) is 19.8. The summed E-state index contributed by atoms with van der Waals surface area (Å²) in [5.41, 5.74) is -2.97. The van der Waals surface area contributed by atoms with Crippen molar-refractivity contribution in [1.82, 2.24) is 0 Å². The van der Waals surface area contributed by atoms with Crippen molar-refractivity contribution in [2.45, 2.75) is 18.4 Å². The molecule has 0 aromatic carbocycles. The molecule has 0 atom stereocenters. The van der Waals surface area contributed by atoms with Crippen LogP contribution in [0, 0.1) is 0 Å². The van der Waals surface area contributed by atoms with Gasteiger partial charge in [0.2, 0.25) is 0 Å². The first-order valence-electron chi connectivity index (χ1n) is 3.11.